The predicted octanol–water partition coefficient (Wildman–Crippen LogP) is 3.04. The molecule has 31 heavy (non-hydrogen) atoms. The molecule has 0 aliphatic rings. The minimum absolute atomic E-state index is 0.0590. The Hall–Kier alpha value is -3.81. The van der Waals surface area contributed by atoms with Gasteiger partial charge >= 0.3 is 0 Å². The summed E-state index contributed by atoms with van der Waals surface area (Å²) in [6.07, 6.45) is 2.49. The normalized spacial score (nSPS) is 10.7. The molecule has 3 aromatic rings. The monoisotopic (exact) mass is 423 g/mol. The van der Waals surface area contributed by atoms with E-state index in [9.17, 15) is 24.6 Å². The van der Waals surface area contributed by atoms with E-state index < -0.39 is 11.5 Å². The highest BCUT2D eigenvalue weighted by molar-refractivity contribution is 6.04. The first kappa shape index (κ1) is 21.9. The summed E-state index contributed by atoms with van der Waals surface area (Å²) in [6.45, 7) is 2.24. The number of H-pyrrole nitrogens is 1. The number of fused-ring (bicyclic) bond motifs is 1. The van der Waals surface area contributed by atoms with Crippen molar-refractivity contribution < 1.29 is 19.8 Å². The van der Waals surface area contributed by atoms with Gasteiger partial charge in [-0.05, 0) is 48.7 Å². The molecule has 8 nitrogen and oxygen atoms in total. The van der Waals surface area contributed by atoms with Crippen LogP contribution in [-0.4, -0.2) is 33.6 Å². The van der Waals surface area contributed by atoms with Gasteiger partial charge in [0.2, 0.25) is 5.91 Å². The fraction of sp³-hybridized carbons (Fsp3) is 0.261. The van der Waals surface area contributed by atoms with Crippen LogP contribution < -0.4 is 16.2 Å². The summed E-state index contributed by atoms with van der Waals surface area (Å²) in [5, 5.41) is 25.0. The Kier molecular flexibility index (Phi) is 6.92. The number of anilines is 1. The van der Waals surface area contributed by atoms with Crippen LogP contribution in [0.15, 0.2) is 47.3 Å². The third-order valence-corrected chi connectivity index (χ3v) is 4.90. The van der Waals surface area contributed by atoms with Crippen LogP contribution in [0.2, 0.25) is 0 Å². The smallest absolute Gasteiger partial charge is 0.261 e. The summed E-state index contributed by atoms with van der Waals surface area (Å²) in [5.41, 5.74) is 1.19. The van der Waals surface area contributed by atoms with Gasteiger partial charge in [0.25, 0.3) is 11.5 Å². The lowest BCUT2D eigenvalue weighted by Crippen LogP contribution is -2.31. The number of phenols is 2. The summed E-state index contributed by atoms with van der Waals surface area (Å²) in [5.74, 6) is -1.11. The Morgan fingerprint density at radius 2 is 1.87 bits per heavy atom. The molecule has 0 spiro atoms. The van der Waals surface area contributed by atoms with Gasteiger partial charge in [-0.2, -0.15) is 0 Å². The Bertz CT molecular complexity index is 1170. The highest BCUT2D eigenvalue weighted by Gasteiger charge is 2.14. The maximum Gasteiger partial charge on any atom is 0.261 e. The highest BCUT2D eigenvalue weighted by Crippen LogP contribution is 2.25. The second kappa shape index (κ2) is 9.80. The SMILES string of the molecule is CCCCC(=O)Nc1cccc2[nH]c(=O)c(C(=O)NCCc3ccc(O)c(O)c3)cc12. The molecule has 1 aromatic heterocycles. The lowest BCUT2D eigenvalue weighted by atomic mass is 10.1. The van der Waals surface area contributed by atoms with Crippen molar-refractivity contribution in [1.82, 2.24) is 10.3 Å². The molecule has 2 aromatic carbocycles. The molecule has 3 rings (SSSR count). The Balaban J connectivity index is 1.75. The molecule has 0 aliphatic heterocycles. The molecule has 0 saturated heterocycles. The van der Waals surface area contributed by atoms with Gasteiger partial charge in [-0.15, -0.1) is 0 Å². The van der Waals surface area contributed by atoms with Crippen LogP contribution in [0.25, 0.3) is 10.9 Å². The molecule has 0 saturated carbocycles. The molecule has 1 heterocycles. The molecule has 0 bridgehead atoms. The van der Waals surface area contributed by atoms with Gasteiger partial charge in [0.15, 0.2) is 11.5 Å². The van der Waals surface area contributed by atoms with Crippen LogP contribution in [0, 0.1) is 0 Å². The lowest BCUT2D eigenvalue weighted by Gasteiger charge is -2.10. The van der Waals surface area contributed by atoms with Gasteiger partial charge in [-0.3, -0.25) is 14.4 Å². The number of nitrogens with one attached hydrogen (secondary N) is 3. The summed E-state index contributed by atoms with van der Waals surface area (Å²) in [4.78, 5) is 39.8. The minimum atomic E-state index is -0.543. The molecule has 5 N–H and O–H groups in total. The number of pyridine rings is 1. The van der Waals surface area contributed by atoms with E-state index in [0.717, 1.165) is 18.4 Å². The van der Waals surface area contributed by atoms with E-state index in [4.69, 9.17) is 0 Å². The van der Waals surface area contributed by atoms with Crippen molar-refractivity contribution >= 4 is 28.4 Å². The van der Waals surface area contributed by atoms with Crippen molar-refractivity contribution in [2.45, 2.75) is 32.6 Å². The number of carbonyl (C=O) groups excluding carboxylic acids is 2. The van der Waals surface area contributed by atoms with Crippen molar-refractivity contribution in [3.8, 4) is 11.5 Å². The lowest BCUT2D eigenvalue weighted by molar-refractivity contribution is -0.116. The number of aromatic hydroxyl groups is 2. The van der Waals surface area contributed by atoms with Gasteiger partial charge in [-0.25, -0.2) is 0 Å². The number of carbonyl (C=O) groups is 2. The average Bonchev–Trinajstić information content (AvgIpc) is 2.74. The zero-order valence-corrected chi connectivity index (χ0v) is 17.2. The maximum absolute atomic E-state index is 12.6. The number of unbranched alkanes of at least 4 members (excludes halogenated alkanes) is 1. The van der Waals surface area contributed by atoms with E-state index in [1.807, 2.05) is 6.92 Å². The molecule has 0 radical (unpaired) electrons. The average molecular weight is 423 g/mol. The number of benzene rings is 2. The van der Waals surface area contributed by atoms with Crippen molar-refractivity contribution in [2.24, 2.45) is 0 Å². The molecule has 2 amide bonds. The van der Waals surface area contributed by atoms with Gasteiger partial charge in [-0.1, -0.05) is 25.5 Å². The van der Waals surface area contributed by atoms with Crippen LogP contribution in [0.4, 0.5) is 5.69 Å². The van der Waals surface area contributed by atoms with Crippen LogP contribution in [0.1, 0.15) is 42.1 Å². The second-order valence-corrected chi connectivity index (χ2v) is 7.26. The third kappa shape index (κ3) is 5.42. The first-order valence-corrected chi connectivity index (χ1v) is 10.1. The fourth-order valence-electron chi connectivity index (χ4n) is 3.20. The van der Waals surface area contributed by atoms with Crippen molar-refractivity contribution in [3.05, 3.63) is 63.9 Å². The van der Waals surface area contributed by atoms with E-state index >= 15 is 0 Å². The number of hydrogen-bond donors (Lipinski definition) is 5. The van der Waals surface area contributed by atoms with Gasteiger partial charge < -0.3 is 25.8 Å². The molecule has 0 atom stereocenters. The first-order valence-electron chi connectivity index (χ1n) is 10.1. The standard InChI is InChI=1S/C23H25N3O5/c1-2-3-7-21(29)25-17-5-4-6-18-15(17)13-16(23(31)26-18)22(30)24-11-10-14-8-9-19(27)20(28)12-14/h4-6,8-9,12-13,27-28H,2-3,7,10-11H2,1H3,(H,24,30)(H,25,29)(H,26,31). The molecular formula is C23H25N3O5. The van der Waals surface area contributed by atoms with E-state index in [0.29, 0.717) is 29.4 Å². The van der Waals surface area contributed by atoms with E-state index in [-0.39, 0.29) is 29.5 Å². The van der Waals surface area contributed by atoms with Crippen LogP contribution in [-0.2, 0) is 11.2 Å². The van der Waals surface area contributed by atoms with Crippen molar-refractivity contribution in [3.63, 3.8) is 0 Å². The molecule has 0 fully saturated rings. The van der Waals surface area contributed by atoms with Crippen LogP contribution >= 0.6 is 0 Å². The largest absolute Gasteiger partial charge is 0.504 e. The highest BCUT2D eigenvalue weighted by atomic mass is 16.3. The number of rotatable bonds is 8. The van der Waals surface area contributed by atoms with Gasteiger partial charge in [0.1, 0.15) is 5.56 Å². The third-order valence-electron chi connectivity index (χ3n) is 4.90. The van der Waals surface area contributed by atoms with Crippen molar-refractivity contribution in [1.29, 1.82) is 0 Å². The summed E-state index contributed by atoms with van der Waals surface area (Å²) in [6, 6.07) is 11.1. The quantitative estimate of drug-likeness (QED) is 0.355. The van der Waals surface area contributed by atoms with Gasteiger partial charge in [0, 0.05) is 18.4 Å². The maximum atomic E-state index is 12.6. The fourth-order valence-corrected chi connectivity index (χ4v) is 3.20. The molecular weight excluding hydrogens is 398 g/mol. The Labute approximate surface area is 178 Å². The summed E-state index contributed by atoms with van der Waals surface area (Å²) >= 11 is 0. The first-order chi connectivity index (χ1) is 14.9. The minimum Gasteiger partial charge on any atom is -0.504 e. The summed E-state index contributed by atoms with van der Waals surface area (Å²) < 4.78 is 0. The molecule has 162 valence electrons. The Morgan fingerprint density at radius 3 is 2.61 bits per heavy atom. The zero-order chi connectivity index (χ0) is 22.4. The van der Waals surface area contributed by atoms with E-state index in [1.54, 1.807) is 24.3 Å². The topological polar surface area (TPSA) is 132 Å². The van der Waals surface area contributed by atoms with Gasteiger partial charge in [0.05, 0.1) is 11.2 Å². The van der Waals surface area contributed by atoms with Crippen LogP contribution in [0.5, 0.6) is 11.5 Å². The predicted molar refractivity (Wildman–Crippen MR) is 119 cm³/mol. The number of aromatic nitrogens is 1. The van der Waals surface area contributed by atoms with E-state index in [1.165, 1.54) is 18.2 Å². The number of phenolic OH excluding ortho intramolecular Hbond substituents is 2. The number of amides is 2. The molecule has 8 heteroatoms. The van der Waals surface area contributed by atoms with Crippen LogP contribution in [0.3, 0.4) is 0 Å². The van der Waals surface area contributed by atoms with E-state index in [2.05, 4.69) is 15.6 Å². The second-order valence-electron chi connectivity index (χ2n) is 7.26. The number of aromatic amines is 1. The zero-order valence-electron chi connectivity index (χ0n) is 17.2. The van der Waals surface area contributed by atoms with Crippen molar-refractivity contribution in [2.75, 3.05) is 11.9 Å². The summed E-state index contributed by atoms with van der Waals surface area (Å²) in [7, 11) is 0. The molecule has 0 aliphatic carbocycles. The molecule has 0 unspecified atom stereocenters. The number of hydrogen-bond acceptors (Lipinski definition) is 5. The Morgan fingerprint density at radius 1 is 1.06 bits per heavy atom.